The molecule has 3 atom stereocenters. The fourth-order valence-electron chi connectivity index (χ4n) is 3.21. The molecule has 0 N–H and O–H groups in total. The second-order valence-electron chi connectivity index (χ2n) is 6.31. The molecule has 0 aliphatic carbocycles. The van der Waals surface area contributed by atoms with Gasteiger partial charge >= 0.3 is 0 Å². The van der Waals surface area contributed by atoms with Crippen LogP contribution >= 0.6 is 11.8 Å². The Hall–Kier alpha value is -1.82. The fraction of sp³-hybridized carbons (Fsp3) is 0.438. The van der Waals surface area contributed by atoms with Gasteiger partial charge in [-0.2, -0.15) is 0 Å². The minimum atomic E-state index is -0.465. The number of benzene rings is 1. The van der Waals surface area contributed by atoms with Crippen molar-refractivity contribution in [2.75, 3.05) is 0 Å². The summed E-state index contributed by atoms with van der Waals surface area (Å²) in [7, 11) is 0. The molecule has 2 saturated heterocycles. The minimum Gasteiger partial charge on any atom is -0.454 e. The lowest BCUT2D eigenvalue weighted by molar-refractivity contribution is -0.173. The second kappa shape index (κ2) is 4.59. The van der Waals surface area contributed by atoms with Gasteiger partial charge in [0.05, 0.1) is 0 Å². The predicted octanol–water partition coefficient (Wildman–Crippen LogP) is 1.62. The number of ether oxygens (including phenoxy) is 1. The van der Waals surface area contributed by atoms with Gasteiger partial charge in [-0.1, -0.05) is 42.1 Å². The van der Waals surface area contributed by atoms with Crippen LogP contribution in [0, 0.1) is 0 Å². The zero-order valence-electron chi connectivity index (χ0n) is 12.4. The van der Waals surface area contributed by atoms with Gasteiger partial charge in [0, 0.05) is 11.2 Å². The highest BCUT2D eigenvalue weighted by atomic mass is 32.2. The lowest BCUT2D eigenvalue weighted by Crippen LogP contribution is -2.74. The number of carbonyl (C=O) groups excluding carboxylic acids is 2. The van der Waals surface area contributed by atoms with Gasteiger partial charge in [-0.15, -0.1) is 0 Å². The molecule has 3 aliphatic heterocycles. The number of carbonyl (C=O) groups is 2. The lowest BCUT2D eigenvalue weighted by Gasteiger charge is -2.53. The summed E-state index contributed by atoms with van der Waals surface area (Å²) >= 11 is 1.29. The van der Waals surface area contributed by atoms with Crippen LogP contribution in [0.25, 0.3) is 0 Å². The maximum atomic E-state index is 12.3. The molecule has 22 heavy (non-hydrogen) atoms. The van der Waals surface area contributed by atoms with Crippen LogP contribution in [0.5, 0.6) is 0 Å². The Morgan fingerprint density at radius 3 is 2.64 bits per heavy atom. The molecule has 0 bridgehead atoms. The van der Waals surface area contributed by atoms with E-state index in [0.29, 0.717) is 12.3 Å². The fourth-order valence-corrected chi connectivity index (χ4v) is 4.40. The molecular weight excluding hydrogens is 300 g/mol. The largest absolute Gasteiger partial charge is 0.454 e. The van der Waals surface area contributed by atoms with Crippen molar-refractivity contribution in [3.63, 3.8) is 0 Å². The highest BCUT2D eigenvalue weighted by Crippen LogP contribution is 2.48. The number of amides is 1. The number of thioether (sulfide) groups is 1. The highest BCUT2D eigenvalue weighted by molar-refractivity contribution is 8.17. The van der Waals surface area contributed by atoms with Crippen LogP contribution in [0.15, 0.2) is 35.3 Å². The van der Waals surface area contributed by atoms with Gasteiger partial charge < -0.3 is 4.74 Å². The number of rotatable bonds is 3. The van der Waals surface area contributed by atoms with E-state index < -0.39 is 18.3 Å². The summed E-state index contributed by atoms with van der Waals surface area (Å²) in [5, 5.41) is 0.0388. The Balaban J connectivity index is 1.49. The molecule has 5 nitrogen and oxygen atoms in total. The molecule has 2 fully saturated rings. The van der Waals surface area contributed by atoms with Crippen molar-refractivity contribution in [3.8, 4) is 0 Å². The van der Waals surface area contributed by atoms with Crippen molar-refractivity contribution < 1.29 is 14.3 Å². The molecule has 3 aliphatic rings. The molecule has 1 unspecified atom stereocenters. The van der Waals surface area contributed by atoms with Crippen LogP contribution in [-0.4, -0.2) is 44.9 Å². The van der Waals surface area contributed by atoms with E-state index >= 15 is 0 Å². The first kappa shape index (κ1) is 13.8. The van der Waals surface area contributed by atoms with E-state index in [1.54, 1.807) is 4.90 Å². The Labute approximate surface area is 132 Å². The van der Waals surface area contributed by atoms with Crippen LogP contribution in [-0.2, 0) is 20.7 Å². The lowest BCUT2D eigenvalue weighted by atomic mass is 9.94. The molecule has 0 saturated carbocycles. The normalized spacial score (nSPS) is 31.8. The smallest absolute Gasteiger partial charge is 0.257 e. The SMILES string of the molecule is CC1(C)SC(=O)C1N1C(=O)[C@H]2N=C(Cc3ccccc3)O[C@H]21. The van der Waals surface area contributed by atoms with Gasteiger partial charge in [0.25, 0.3) is 5.91 Å². The predicted molar refractivity (Wildman–Crippen MR) is 83.6 cm³/mol. The van der Waals surface area contributed by atoms with Crippen LogP contribution < -0.4 is 0 Å². The van der Waals surface area contributed by atoms with Crippen LogP contribution in [0.4, 0.5) is 0 Å². The zero-order valence-corrected chi connectivity index (χ0v) is 13.2. The first-order chi connectivity index (χ1) is 10.5. The van der Waals surface area contributed by atoms with Crippen molar-refractivity contribution in [3.05, 3.63) is 35.9 Å². The second-order valence-corrected chi connectivity index (χ2v) is 7.97. The van der Waals surface area contributed by atoms with Gasteiger partial charge in [-0.05, 0) is 19.4 Å². The first-order valence-corrected chi connectivity index (χ1v) is 8.11. The number of hydrogen-bond donors (Lipinski definition) is 0. The standard InChI is InChI=1S/C16H16N2O3S/c1-16(2)12(15(20)22-16)18-13(19)11-14(18)21-10(17-11)8-9-6-4-3-5-7-9/h3-7,11-12,14H,8H2,1-2H3/t11-,12?,14-/m1/s1. The average Bonchev–Trinajstić information content (AvgIpc) is 2.85. The molecule has 0 aromatic heterocycles. The topological polar surface area (TPSA) is 59.0 Å². The quantitative estimate of drug-likeness (QED) is 0.795. The van der Waals surface area contributed by atoms with Gasteiger partial charge in [0.2, 0.25) is 11.3 Å². The summed E-state index contributed by atoms with van der Waals surface area (Å²) < 4.78 is 5.59. The average molecular weight is 316 g/mol. The van der Waals surface area contributed by atoms with Gasteiger partial charge in [0.15, 0.2) is 11.9 Å². The van der Waals surface area contributed by atoms with Gasteiger partial charge in [-0.25, -0.2) is 4.99 Å². The van der Waals surface area contributed by atoms with E-state index in [-0.39, 0.29) is 15.8 Å². The number of hydrogen-bond acceptors (Lipinski definition) is 5. The summed E-state index contributed by atoms with van der Waals surface area (Å²) in [6, 6.07) is 9.03. The number of fused-ring (bicyclic) bond motifs is 1. The highest BCUT2D eigenvalue weighted by Gasteiger charge is 2.64. The molecule has 0 radical (unpaired) electrons. The summed E-state index contributed by atoms with van der Waals surface area (Å²) in [4.78, 5) is 30.1. The molecular formula is C16H16N2O3S. The van der Waals surface area contributed by atoms with E-state index in [9.17, 15) is 9.59 Å². The van der Waals surface area contributed by atoms with E-state index in [4.69, 9.17) is 4.74 Å². The number of β-lactam (4-membered cyclic amide) rings is 1. The Morgan fingerprint density at radius 1 is 1.27 bits per heavy atom. The maximum Gasteiger partial charge on any atom is 0.257 e. The monoisotopic (exact) mass is 316 g/mol. The molecule has 1 amide bonds. The number of nitrogens with zero attached hydrogens (tertiary/aromatic N) is 2. The van der Waals surface area contributed by atoms with Crippen LogP contribution in [0.2, 0.25) is 0 Å². The zero-order chi connectivity index (χ0) is 15.5. The Kier molecular flexibility index (Phi) is 2.88. The third-order valence-corrected chi connectivity index (χ3v) is 5.49. The van der Waals surface area contributed by atoms with Crippen molar-refractivity contribution in [2.45, 2.75) is 43.3 Å². The molecule has 114 valence electrons. The summed E-state index contributed by atoms with van der Waals surface area (Å²) in [5.74, 6) is 0.481. The molecule has 3 heterocycles. The molecule has 4 rings (SSSR count). The Morgan fingerprint density at radius 2 is 2.00 bits per heavy atom. The molecule has 0 spiro atoms. The van der Waals surface area contributed by atoms with Crippen LogP contribution in [0.1, 0.15) is 19.4 Å². The van der Waals surface area contributed by atoms with Crippen molar-refractivity contribution in [1.82, 2.24) is 4.90 Å². The Bertz CT molecular complexity index is 686. The number of aliphatic imine (C=N–C) groups is 1. The van der Waals surface area contributed by atoms with Crippen LogP contribution in [0.3, 0.4) is 0 Å². The summed E-state index contributed by atoms with van der Waals surface area (Å²) in [5.41, 5.74) is 1.09. The van der Waals surface area contributed by atoms with E-state index in [1.165, 1.54) is 11.8 Å². The van der Waals surface area contributed by atoms with Crippen molar-refractivity contribution >= 4 is 28.7 Å². The van der Waals surface area contributed by atoms with Crippen molar-refractivity contribution in [2.24, 2.45) is 4.99 Å². The van der Waals surface area contributed by atoms with Gasteiger partial charge in [0.1, 0.15) is 6.04 Å². The van der Waals surface area contributed by atoms with E-state index in [1.807, 2.05) is 44.2 Å². The summed E-state index contributed by atoms with van der Waals surface area (Å²) in [6.07, 6.45) is 0.173. The summed E-state index contributed by atoms with van der Waals surface area (Å²) in [6.45, 7) is 3.95. The first-order valence-electron chi connectivity index (χ1n) is 7.30. The third-order valence-electron chi connectivity index (χ3n) is 4.31. The van der Waals surface area contributed by atoms with E-state index in [0.717, 1.165) is 5.56 Å². The third kappa shape index (κ3) is 1.90. The molecule has 1 aromatic rings. The molecule has 1 aromatic carbocycles. The molecule has 6 heteroatoms. The van der Waals surface area contributed by atoms with Gasteiger partial charge in [-0.3, -0.25) is 14.5 Å². The minimum absolute atomic E-state index is 0.0388. The maximum absolute atomic E-state index is 12.3. The van der Waals surface area contributed by atoms with E-state index in [2.05, 4.69) is 4.99 Å². The number of likely N-dealkylation sites (tertiary alicyclic amines) is 1. The van der Waals surface area contributed by atoms with Crippen molar-refractivity contribution in [1.29, 1.82) is 0 Å².